The molecule has 15 heavy (non-hydrogen) atoms. The van der Waals surface area contributed by atoms with Crippen LogP contribution in [0, 0.1) is 0 Å². The summed E-state index contributed by atoms with van der Waals surface area (Å²) in [6.45, 7) is 2.41. The minimum Gasteiger partial charge on any atom is -0.478 e. The summed E-state index contributed by atoms with van der Waals surface area (Å²) in [6.07, 6.45) is 0. The smallest absolute Gasteiger partial charge is 0.337 e. The van der Waals surface area contributed by atoms with Gasteiger partial charge < -0.3 is 15.5 Å². The Kier molecular flexibility index (Phi) is 3.28. The highest BCUT2D eigenvalue weighted by Gasteiger charge is 2.13. The van der Waals surface area contributed by atoms with Gasteiger partial charge in [0.1, 0.15) is 0 Å². The number of hydrogen-bond acceptors (Lipinski definition) is 3. The van der Waals surface area contributed by atoms with E-state index < -0.39 is 11.9 Å². The van der Waals surface area contributed by atoms with E-state index in [1.165, 1.54) is 12.1 Å². The zero-order valence-corrected chi connectivity index (χ0v) is 8.15. The largest absolute Gasteiger partial charge is 0.478 e. The van der Waals surface area contributed by atoms with Crippen LogP contribution in [0.25, 0.3) is 0 Å². The van der Waals surface area contributed by atoms with Gasteiger partial charge in [0.25, 0.3) is 0 Å². The molecule has 5 nitrogen and oxygen atoms in total. The number of nitrogens with one attached hydrogen (secondary N) is 1. The van der Waals surface area contributed by atoms with Crippen molar-refractivity contribution >= 4 is 17.6 Å². The molecule has 0 bridgehead atoms. The fourth-order valence-electron chi connectivity index (χ4n) is 1.20. The summed E-state index contributed by atoms with van der Waals surface area (Å²) in [7, 11) is 0. The van der Waals surface area contributed by atoms with Crippen molar-refractivity contribution in [2.24, 2.45) is 0 Å². The summed E-state index contributed by atoms with van der Waals surface area (Å²) in [5.74, 6) is -2.28. The zero-order chi connectivity index (χ0) is 11.4. The van der Waals surface area contributed by atoms with Gasteiger partial charge in [-0.15, -0.1) is 0 Å². The van der Waals surface area contributed by atoms with Crippen LogP contribution in [0.15, 0.2) is 18.2 Å². The normalized spacial score (nSPS) is 9.67. The third-order valence-corrected chi connectivity index (χ3v) is 1.86. The molecule has 1 rings (SSSR count). The van der Waals surface area contributed by atoms with Crippen molar-refractivity contribution in [3.63, 3.8) is 0 Å². The Hall–Kier alpha value is -2.04. The zero-order valence-electron chi connectivity index (χ0n) is 8.15. The van der Waals surface area contributed by atoms with E-state index in [9.17, 15) is 9.59 Å². The number of anilines is 1. The molecular weight excluding hydrogens is 198 g/mol. The van der Waals surface area contributed by atoms with E-state index in [2.05, 4.69) is 5.32 Å². The van der Waals surface area contributed by atoms with E-state index in [0.29, 0.717) is 12.2 Å². The summed E-state index contributed by atoms with van der Waals surface area (Å²) in [5, 5.41) is 20.4. The van der Waals surface area contributed by atoms with Gasteiger partial charge in [0.15, 0.2) is 0 Å². The Bertz CT molecular complexity index is 400. The Balaban J connectivity index is 3.20. The minimum absolute atomic E-state index is 0.0308. The van der Waals surface area contributed by atoms with Crippen molar-refractivity contribution in [1.82, 2.24) is 0 Å². The van der Waals surface area contributed by atoms with Crippen LogP contribution >= 0.6 is 0 Å². The fourth-order valence-corrected chi connectivity index (χ4v) is 1.20. The van der Waals surface area contributed by atoms with E-state index in [1.807, 2.05) is 6.92 Å². The lowest BCUT2D eigenvalue weighted by Crippen LogP contribution is -2.08. The standard InChI is InChI=1S/C10H11NO4/c1-2-11-8-4-3-6(9(12)13)5-7(8)10(14)15/h3-5,11H,2H2,1H3,(H,12,13)(H,14,15). The molecule has 0 spiro atoms. The molecule has 0 amide bonds. The van der Waals surface area contributed by atoms with Crippen LogP contribution in [0.4, 0.5) is 5.69 Å². The van der Waals surface area contributed by atoms with Crippen molar-refractivity contribution in [3.8, 4) is 0 Å². The number of carboxylic acids is 2. The van der Waals surface area contributed by atoms with Crippen LogP contribution in [0.5, 0.6) is 0 Å². The van der Waals surface area contributed by atoms with E-state index in [0.717, 1.165) is 6.07 Å². The number of hydrogen-bond donors (Lipinski definition) is 3. The van der Waals surface area contributed by atoms with Gasteiger partial charge in [-0.2, -0.15) is 0 Å². The van der Waals surface area contributed by atoms with E-state index >= 15 is 0 Å². The van der Waals surface area contributed by atoms with Crippen molar-refractivity contribution in [2.45, 2.75) is 6.92 Å². The Labute approximate surface area is 86.4 Å². The maximum absolute atomic E-state index is 10.8. The summed E-state index contributed by atoms with van der Waals surface area (Å²) in [4.78, 5) is 21.5. The third kappa shape index (κ3) is 2.46. The monoisotopic (exact) mass is 209 g/mol. The van der Waals surface area contributed by atoms with Gasteiger partial charge in [-0.1, -0.05) is 0 Å². The van der Waals surface area contributed by atoms with E-state index in [-0.39, 0.29) is 11.1 Å². The van der Waals surface area contributed by atoms with Gasteiger partial charge >= 0.3 is 11.9 Å². The molecular formula is C10H11NO4. The van der Waals surface area contributed by atoms with Gasteiger partial charge in [-0.25, -0.2) is 9.59 Å². The maximum atomic E-state index is 10.8. The fraction of sp³-hybridized carbons (Fsp3) is 0.200. The molecule has 0 aliphatic carbocycles. The van der Waals surface area contributed by atoms with Crippen LogP contribution in [0.2, 0.25) is 0 Å². The first-order valence-corrected chi connectivity index (χ1v) is 4.40. The molecule has 1 aromatic carbocycles. The van der Waals surface area contributed by atoms with Crippen LogP contribution in [0.1, 0.15) is 27.6 Å². The average molecular weight is 209 g/mol. The van der Waals surface area contributed by atoms with Crippen LogP contribution in [0.3, 0.4) is 0 Å². The number of carbonyl (C=O) groups is 2. The van der Waals surface area contributed by atoms with Crippen molar-refractivity contribution in [3.05, 3.63) is 29.3 Å². The van der Waals surface area contributed by atoms with Crippen LogP contribution < -0.4 is 5.32 Å². The molecule has 80 valence electrons. The molecule has 0 fully saturated rings. The molecule has 0 aliphatic rings. The molecule has 0 heterocycles. The molecule has 0 radical (unpaired) electrons. The van der Waals surface area contributed by atoms with Gasteiger partial charge in [-0.05, 0) is 25.1 Å². The second-order valence-corrected chi connectivity index (χ2v) is 2.90. The van der Waals surface area contributed by atoms with Crippen molar-refractivity contribution in [1.29, 1.82) is 0 Å². The van der Waals surface area contributed by atoms with Crippen molar-refractivity contribution < 1.29 is 19.8 Å². The maximum Gasteiger partial charge on any atom is 0.337 e. The summed E-state index contributed by atoms with van der Waals surface area (Å²) >= 11 is 0. The summed E-state index contributed by atoms with van der Waals surface area (Å²) < 4.78 is 0. The van der Waals surface area contributed by atoms with E-state index in [4.69, 9.17) is 10.2 Å². The Morgan fingerprint density at radius 1 is 1.27 bits per heavy atom. The first-order valence-electron chi connectivity index (χ1n) is 4.40. The SMILES string of the molecule is CCNc1ccc(C(=O)O)cc1C(=O)O. The molecule has 0 aliphatic heterocycles. The highest BCUT2D eigenvalue weighted by molar-refractivity contribution is 5.98. The first kappa shape index (κ1) is 11.0. The topological polar surface area (TPSA) is 86.6 Å². The second kappa shape index (κ2) is 4.45. The predicted molar refractivity (Wildman–Crippen MR) is 54.5 cm³/mol. The van der Waals surface area contributed by atoms with Gasteiger partial charge in [-0.3, -0.25) is 0 Å². The molecule has 0 saturated carbocycles. The quantitative estimate of drug-likeness (QED) is 0.699. The van der Waals surface area contributed by atoms with E-state index in [1.54, 1.807) is 0 Å². The third-order valence-electron chi connectivity index (χ3n) is 1.86. The average Bonchev–Trinajstić information content (AvgIpc) is 2.18. The predicted octanol–water partition coefficient (Wildman–Crippen LogP) is 1.51. The van der Waals surface area contributed by atoms with Crippen molar-refractivity contribution in [2.75, 3.05) is 11.9 Å². The molecule has 3 N–H and O–H groups in total. The molecule has 0 saturated heterocycles. The second-order valence-electron chi connectivity index (χ2n) is 2.90. The number of aromatic carboxylic acids is 2. The highest BCUT2D eigenvalue weighted by atomic mass is 16.4. The van der Waals surface area contributed by atoms with Gasteiger partial charge in [0.05, 0.1) is 11.1 Å². The molecule has 0 aromatic heterocycles. The lowest BCUT2D eigenvalue weighted by molar-refractivity contribution is 0.0696. The minimum atomic E-state index is -1.14. The Morgan fingerprint density at radius 3 is 2.40 bits per heavy atom. The van der Waals surface area contributed by atoms with Gasteiger partial charge in [0, 0.05) is 12.2 Å². The van der Waals surface area contributed by atoms with Crippen LogP contribution in [-0.4, -0.2) is 28.7 Å². The lowest BCUT2D eigenvalue weighted by atomic mass is 10.1. The van der Waals surface area contributed by atoms with Gasteiger partial charge in [0.2, 0.25) is 0 Å². The number of carboxylic acid groups (broad SMARTS) is 2. The van der Waals surface area contributed by atoms with Crippen LogP contribution in [-0.2, 0) is 0 Å². The highest BCUT2D eigenvalue weighted by Crippen LogP contribution is 2.17. The summed E-state index contributed by atoms with van der Waals surface area (Å²) in [5.41, 5.74) is 0.362. The number of rotatable bonds is 4. The Morgan fingerprint density at radius 2 is 1.93 bits per heavy atom. The lowest BCUT2D eigenvalue weighted by Gasteiger charge is -2.07. The summed E-state index contributed by atoms with van der Waals surface area (Å²) in [6, 6.07) is 3.96. The molecule has 0 unspecified atom stereocenters. The molecule has 1 aromatic rings. The molecule has 0 atom stereocenters. The molecule has 5 heteroatoms. The number of benzene rings is 1. The first-order chi connectivity index (χ1) is 7.06.